The van der Waals surface area contributed by atoms with Gasteiger partial charge < -0.3 is 19.9 Å². The van der Waals surface area contributed by atoms with Gasteiger partial charge in [0.2, 0.25) is 0 Å². The van der Waals surface area contributed by atoms with Gasteiger partial charge >= 0.3 is 0 Å². The van der Waals surface area contributed by atoms with Crippen LogP contribution in [0.5, 0.6) is 0 Å². The highest BCUT2D eigenvalue weighted by atomic mass is 32.2. The molecule has 2 N–H and O–H groups in total. The Hall–Kier alpha value is -4.27. The average molecular weight is 603 g/mol. The van der Waals surface area contributed by atoms with Gasteiger partial charge in [-0.25, -0.2) is 4.98 Å². The molecule has 0 spiro atoms. The molecular formula is C37H34N2O4S. The Morgan fingerprint density at radius 1 is 0.818 bits per heavy atom. The van der Waals surface area contributed by atoms with Crippen molar-refractivity contribution < 1.29 is 19.4 Å². The van der Waals surface area contributed by atoms with Crippen LogP contribution in [0.1, 0.15) is 51.4 Å². The minimum absolute atomic E-state index is 0.00968. The van der Waals surface area contributed by atoms with E-state index in [-0.39, 0.29) is 24.7 Å². The highest BCUT2D eigenvalue weighted by Gasteiger charge is 2.32. The maximum Gasteiger partial charge on any atom is 0.251 e. The van der Waals surface area contributed by atoms with Crippen molar-refractivity contribution in [3.63, 3.8) is 0 Å². The number of benzene rings is 4. The van der Waals surface area contributed by atoms with Crippen molar-refractivity contribution in [2.45, 2.75) is 43.1 Å². The second kappa shape index (κ2) is 14.5. The number of pyridine rings is 1. The Balaban J connectivity index is 1.19. The molecule has 6 rings (SSSR count). The summed E-state index contributed by atoms with van der Waals surface area (Å²) in [5.41, 5.74) is 6.65. The first kappa shape index (κ1) is 29.8. The lowest BCUT2D eigenvalue weighted by Crippen LogP contribution is -2.31. The lowest BCUT2D eigenvalue weighted by Gasteiger charge is -2.36. The maximum absolute atomic E-state index is 12.6. The number of aliphatic hydroxyl groups excluding tert-OH is 1. The molecule has 2 heterocycles. The minimum atomic E-state index is -0.532. The zero-order valence-corrected chi connectivity index (χ0v) is 25.0. The van der Waals surface area contributed by atoms with E-state index in [9.17, 15) is 9.90 Å². The molecule has 5 aromatic rings. The number of rotatable bonds is 10. The molecule has 1 saturated heterocycles. The van der Waals surface area contributed by atoms with Crippen LogP contribution in [0.3, 0.4) is 0 Å². The Morgan fingerprint density at radius 3 is 2.30 bits per heavy atom. The van der Waals surface area contributed by atoms with Gasteiger partial charge in [0.1, 0.15) is 0 Å². The molecule has 0 saturated carbocycles. The standard InChI is InChI=1S/C37H34N2O4S/c40-24-26-13-15-28(16-14-26)34-22-32(25-44-35-12-6-7-21-38-35)42-37(43-34)30-19-17-27(18-20-30)33-11-5-4-10-31(33)23-39-36(41)29-8-2-1-3-9-29/h1-21,32,34,37,40H,22-25H2,(H,39,41)/t32-,34+,37+/m1/s1. The van der Waals surface area contributed by atoms with Crippen molar-refractivity contribution in [3.8, 4) is 11.1 Å². The number of thioether (sulfide) groups is 1. The molecule has 3 atom stereocenters. The largest absolute Gasteiger partial charge is 0.392 e. The molecule has 0 bridgehead atoms. The highest BCUT2D eigenvalue weighted by Crippen LogP contribution is 2.40. The second-order valence-electron chi connectivity index (χ2n) is 10.7. The monoisotopic (exact) mass is 602 g/mol. The number of amides is 1. The molecule has 1 amide bonds. The number of aliphatic hydroxyl groups is 1. The molecule has 0 unspecified atom stereocenters. The normalized spacial score (nSPS) is 18.1. The fourth-order valence-corrected chi connectivity index (χ4v) is 6.16. The van der Waals surface area contributed by atoms with Crippen LogP contribution in [0, 0.1) is 0 Å². The molecule has 1 aliphatic heterocycles. The topological polar surface area (TPSA) is 80.7 Å². The first-order valence-corrected chi connectivity index (χ1v) is 15.7. The molecule has 7 heteroatoms. The Morgan fingerprint density at radius 2 is 1.55 bits per heavy atom. The van der Waals surface area contributed by atoms with Gasteiger partial charge in [-0.15, -0.1) is 11.8 Å². The minimum Gasteiger partial charge on any atom is -0.392 e. The number of carbonyl (C=O) groups is 1. The number of hydrogen-bond acceptors (Lipinski definition) is 6. The van der Waals surface area contributed by atoms with Crippen molar-refractivity contribution in [1.29, 1.82) is 0 Å². The number of carbonyl (C=O) groups excluding carboxylic acids is 1. The first-order chi connectivity index (χ1) is 21.7. The number of ether oxygens (including phenoxy) is 2. The Labute approximate surface area is 262 Å². The highest BCUT2D eigenvalue weighted by molar-refractivity contribution is 7.99. The van der Waals surface area contributed by atoms with Gasteiger partial charge in [-0.1, -0.05) is 97.1 Å². The molecule has 222 valence electrons. The van der Waals surface area contributed by atoms with Gasteiger partial charge in [-0.05, 0) is 52.1 Å². The Kier molecular flexibility index (Phi) is 9.79. The van der Waals surface area contributed by atoms with Crippen LogP contribution in [0.15, 0.2) is 133 Å². The van der Waals surface area contributed by atoms with E-state index >= 15 is 0 Å². The maximum atomic E-state index is 12.6. The summed E-state index contributed by atoms with van der Waals surface area (Å²) in [6.07, 6.45) is 1.80. The third-order valence-electron chi connectivity index (χ3n) is 7.66. The molecule has 0 radical (unpaired) electrons. The molecule has 6 nitrogen and oxygen atoms in total. The van der Waals surface area contributed by atoms with Gasteiger partial charge in [-0.2, -0.15) is 0 Å². The van der Waals surface area contributed by atoms with Crippen LogP contribution in [-0.4, -0.2) is 27.9 Å². The predicted octanol–water partition coefficient (Wildman–Crippen LogP) is 7.51. The third-order valence-corrected chi connectivity index (χ3v) is 8.73. The lowest BCUT2D eigenvalue weighted by molar-refractivity contribution is -0.245. The lowest BCUT2D eigenvalue weighted by atomic mass is 9.97. The van der Waals surface area contributed by atoms with Crippen molar-refractivity contribution >= 4 is 17.7 Å². The van der Waals surface area contributed by atoms with E-state index in [0.717, 1.165) is 50.6 Å². The van der Waals surface area contributed by atoms with Gasteiger partial charge in [0, 0.05) is 36.0 Å². The molecule has 1 aliphatic rings. The van der Waals surface area contributed by atoms with E-state index in [2.05, 4.69) is 40.6 Å². The summed E-state index contributed by atoms with van der Waals surface area (Å²) in [6, 6.07) is 39.5. The van der Waals surface area contributed by atoms with Crippen LogP contribution in [0.4, 0.5) is 0 Å². The van der Waals surface area contributed by atoms with Gasteiger partial charge in [0.05, 0.1) is 23.8 Å². The summed E-state index contributed by atoms with van der Waals surface area (Å²) in [4.78, 5) is 17.1. The quantitative estimate of drug-likeness (QED) is 0.161. The van der Waals surface area contributed by atoms with Crippen LogP contribution >= 0.6 is 11.8 Å². The van der Waals surface area contributed by atoms with E-state index < -0.39 is 6.29 Å². The Bertz CT molecular complexity index is 1650. The smallest absolute Gasteiger partial charge is 0.251 e. The summed E-state index contributed by atoms with van der Waals surface area (Å²) in [5, 5.41) is 13.5. The number of nitrogens with zero attached hydrogens (tertiary/aromatic N) is 1. The van der Waals surface area contributed by atoms with Crippen molar-refractivity contribution in [2.24, 2.45) is 0 Å². The van der Waals surface area contributed by atoms with Gasteiger partial charge in [0.15, 0.2) is 6.29 Å². The zero-order chi connectivity index (χ0) is 30.1. The number of hydrogen-bond donors (Lipinski definition) is 2. The first-order valence-electron chi connectivity index (χ1n) is 14.7. The fraction of sp³-hybridized carbons (Fsp3) is 0.189. The summed E-state index contributed by atoms with van der Waals surface area (Å²) in [6.45, 7) is 0.433. The van der Waals surface area contributed by atoms with Crippen molar-refractivity contribution in [3.05, 3.63) is 155 Å². The second-order valence-corrected chi connectivity index (χ2v) is 11.7. The van der Waals surface area contributed by atoms with Crippen LogP contribution < -0.4 is 5.32 Å². The number of aromatic nitrogens is 1. The average Bonchev–Trinajstić information content (AvgIpc) is 3.10. The van der Waals surface area contributed by atoms with Gasteiger partial charge in [0.25, 0.3) is 5.91 Å². The molecule has 1 fully saturated rings. The SMILES string of the molecule is O=C(NCc1ccccc1-c1ccc([C@H]2O[C@@H](CSc3ccccn3)C[C@@H](c3ccc(CO)cc3)O2)cc1)c1ccccc1. The fourth-order valence-electron chi connectivity index (χ4n) is 5.28. The predicted molar refractivity (Wildman–Crippen MR) is 173 cm³/mol. The van der Waals surface area contributed by atoms with E-state index in [0.29, 0.717) is 12.1 Å². The molecule has 4 aromatic carbocycles. The van der Waals surface area contributed by atoms with E-state index in [1.807, 2.05) is 91.0 Å². The summed E-state index contributed by atoms with van der Waals surface area (Å²) in [5.74, 6) is 0.654. The summed E-state index contributed by atoms with van der Waals surface area (Å²) in [7, 11) is 0. The molecule has 1 aromatic heterocycles. The van der Waals surface area contributed by atoms with E-state index in [1.165, 1.54) is 0 Å². The van der Waals surface area contributed by atoms with Crippen LogP contribution in [0.2, 0.25) is 0 Å². The molecule has 0 aliphatic carbocycles. The van der Waals surface area contributed by atoms with Crippen LogP contribution in [0.25, 0.3) is 11.1 Å². The van der Waals surface area contributed by atoms with Crippen molar-refractivity contribution in [2.75, 3.05) is 5.75 Å². The summed E-state index contributed by atoms with van der Waals surface area (Å²) >= 11 is 1.68. The number of nitrogens with one attached hydrogen (secondary N) is 1. The summed E-state index contributed by atoms with van der Waals surface area (Å²) < 4.78 is 13.0. The van der Waals surface area contributed by atoms with E-state index in [1.54, 1.807) is 18.0 Å². The van der Waals surface area contributed by atoms with Crippen molar-refractivity contribution in [1.82, 2.24) is 10.3 Å². The van der Waals surface area contributed by atoms with Gasteiger partial charge in [-0.3, -0.25) is 4.79 Å². The van der Waals surface area contributed by atoms with E-state index in [4.69, 9.17) is 9.47 Å². The van der Waals surface area contributed by atoms with Crippen LogP contribution in [-0.2, 0) is 22.6 Å². The third kappa shape index (κ3) is 7.44. The molecular weight excluding hydrogens is 568 g/mol. The molecule has 44 heavy (non-hydrogen) atoms. The zero-order valence-electron chi connectivity index (χ0n) is 24.2.